The lowest BCUT2D eigenvalue weighted by molar-refractivity contribution is -0.123. The van der Waals surface area contributed by atoms with Gasteiger partial charge < -0.3 is 9.88 Å². The standard InChI is InChI=1S/C17H19N3OS/c1-11-8-20-9-12(6-7-16(20)18-11)19-17(21)14-10-22-15-5-3-2-4-13(14)15/h2-5,8,12,14H,6-7,9-10H2,1H3,(H,19,21)/t12-,14-/m1/s1. The summed E-state index contributed by atoms with van der Waals surface area (Å²) >= 11 is 1.78. The number of amides is 1. The molecule has 0 bridgehead atoms. The van der Waals surface area contributed by atoms with E-state index in [1.807, 2.05) is 19.1 Å². The van der Waals surface area contributed by atoms with Crippen LogP contribution < -0.4 is 5.32 Å². The van der Waals surface area contributed by atoms with Gasteiger partial charge in [0.2, 0.25) is 5.91 Å². The van der Waals surface area contributed by atoms with Crippen molar-refractivity contribution in [2.24, 2.45) is 0 Å². The van der Waals surface area contributed by atoms with E-state index in [9.17, 15) is 4.79 Å². The molecule has 0 saturated carbocycles. The number of nitrogens with one attached hydrogen (secondary N) is 1. The maximum atomic E-state index is 12.6. The molecule has 0 aliphatic carbocycles. The molecule has 3 heterocycles. The predicted octanol–water partition coefficient (Wildman–Crippen LogP) is 2.51. The summed E-state index contributed by atoms with van der Waals surface area (Å²) in [7, 11) is 0. The van der Waals surface area contributed by atoms with Gasteiger partial charge in [-0.25, -0.2) is 4.98 Å². The molecule has 2 aliphatic rings. The highest BCUT2D eigenvalue weighted by Gasteiger charge is 2.31. The van der Waals surface area contributed by atoms with Crippen LogP contribution in [0.4, 0.5) is 0 Å². The Morgan fingerprint density at radius 2 is 2.27 bits per heavy atom. The first-order chi connectivity index (χ1) is 10.7. The highest BCUT2D eigenvalue weighted by molar-refractivity contribution is 7.99. The fourth-order valence-corrected chi connectivity index (χ4v) is 4.61. The van der Waals surface area contributed by atoms with Crippen LogP contribution >= 0.6 is 11.8 Å². The van der Waals surface area contributed by atoms with E-state index in [0.717, 1.165) is 36.7 Å². The zero-order chi connectivity index (χ0) is 15.1. The Kier molecular flexibility index (Phi) is 3.45. The Morgan fingerprint density at radius 3 is 3.18 bits per heavy atom. The maximum absolute atomic E-state index is 12.6. The van der Waals surface area contributed by atoms with Crippen molar-refractivity contribution in [3.8, 4) is 0 Å². The van der Waals surface area contributed by atoms with Crippen LogP contribution in [0.5, 0.6) is 0 Å². The van der Waals surface area contributed by atoms with Gasteiger partial charge in [-0.3, -0.25) is 4.79 Å². The molecule has 0 unspecified atom stereocenters. The molecule has 4 nitrogen and oxygen atoms in total. The summed E-state index contributed by atoms with van der Waals surface area (Å²) in [6, 6.07) is 8.46. The second kappa shape index (κ2) is 5.47. The molecule has 2 aliphatic heterocycles. The van der Waals surface area contributed by atoms with Gasteiger partial charge in [0.25, 0.3) is 0 Å². The summed E-state index contributed by atoms with van der Waals surface area (Å²) in [5, 5.41) is 3.25. The van der Waals surface area contributed by atoms with Gasteiger partial charge in [-0.05, 0) is 25.0 Å². The lowest BCUT2D eigenvalue weighted by Gasteiger charge is -2.26. The van der Waals surface area contributed by atoms with Crippen molar-refractivity contribution in [3.05, 3.63) is 47.5 Å². The van der Waals surface area contributed by atoms with Crippen molar-refractivity contribution >= 4 is 17.7 Å². The number of carbonyl (C=O) groups is 1. The lowest BCUT2D eigenvalue weighted by atomic mass is 9.99. The molecule has 114 valence electrons. The number of benzene rings is 1. The minimum Gasteiger partial charge on any atom is -0.351 e. The Labute approximate surface area is 134 Å². The van der Waals surface area contributed by atoms with Crippen molar-refractivity contribution in [2.75, 3.05) is 5.75 Å². The van der Waals surface area contributed by atoms with E-state index in [2.05, 4.69) is 33.2 Å². The third kappa shape index (κ3) is 2.43. The average Bonchev–Trinajstić information content (AvgIpc) is 3.09. The number of nitrogens with zero attached hydrogens (tertiary/aromatic N) is 2. The zero-order valence-corrected chi connectivity index (χ0v) is 13.4. The number of aryl methyl sites for hydroxylation is 2. The number of carbonyl (C=O) groups excluding carboxylic acids is 1. The summed E-state index contributed by atoms with van der Waals surface area (Å²) in [5.74, 6) is 2.16. The number of fused-ring (bicyclic) bond motifs is 2. The van der Waals surface area contributed by atoms with E-state index in [4.69, 9.17) is 0 Å². The van der Waals surface area contributed by atoms with Gasteiger partial charge in [0, 0.05) is 35.9 Å². The van der Waals surface area contributed by atoms with E-state index in [1.54, 1.807) is 11.8 Å². The Morgan fingerprint density at radius 1 is 1.41 bits per heavy atom. The van der Waals surface area contributed by atoms with E-state index >= 15 is 0 Å². The summed E-state index contributed by atoms with van der Waals surface area (Å²) in [5.41, 5.74) is 2.24. The van der Waals surface area contributed by atoms with Gasteiger partial charge >= 0.3 is 0 Å². The quantitative estimate of drug-likeness (QED) is 0.927. The molecule has 2 atom stereocenters. The zero-order valence-electron chi connectivity index (χ0n) is 12.6. The molecule has 22 heavy (non-hydrogen) atoms. The molecule has 5 heteroatoms. The topological polar surface area (TPSA) is 46.9 Å². The Bertz CT molecular complexity index is 724. The number of aromatic nitrogens is 2. The number of hydrogen-bond acceptors (Lipinski definition) is 3. The molecule has 1 amide bonds. The monoisotopic (exact) mass is 313 g/mol. The van der Waals surface area contributed by atoms with Crippen LogP contribution in [-0.4, -0.2) is 27.3 Å². The first kappa shape index (κ1) is 13.9. The molecule has 0 spiro atoms. The SMILES string of the molecule is Cc1cn2c(n1)CC[C@@H](NC(=O)[C@@H]1CSc3ccccc31)C2. The van der Waals surface area contributed by atoms with Crippen LogP contribution in [0.1, 0.15) is 29.4 Å². The largest absolute Gasteiger partial charge is 0.351 e. The van der Waals surface area contributed by atoms with Gasteiger partial charge in [0.05, 0.1) is 11.6 Å². The van der Waals surface area contributed by atoms with Crippen molar-refractivity contribution in [1.82, 2.24) is 14.9 Å². The molecule has 0 radical (unpaired) electrons. The molecule has 1 aromatic carbocycles. The van der Waals surface area contributed by atoms with Crippen LogP contribution in [0.15, 0.2) is 35.4 Å². The van der Waals surface area contributed by atoms with Crippen LogP contribution in [-0.2, 0) is 17.8 Å². The van der Waals surface area contributed by atoms with E-state index < -0.39 is 0 Å². The van der Waals surface area contributed by atoms with Crippen molar-refractivity contribution < 1.29 is 4.79 Å². The second-order valence-corrected chi connectivity index (χ2v) is 7.16. The summed E-state index contributed by atoms with van der Waals surface area (Å²) in [6.45, 7) is 2.86. The normalized spacial score (nSPS) is 23.0. The van der Waals surface area contributed by atoms with Crippen molar-refractivity contribution in [2.45, 2.75) is 43.2 Å². The molecular weight excluding hydrogens is 294 g/mol. The van der Waals surface area contributed by atoms with Gasteiger partial charge in [-0.2, -0.15) is 0 Å². The first-order valence-corrected chi connectivity index (χ1v) is 8.74. The van der Waals surface area contributed by atoms with Crippen LogP contribution in [0.25, 0.3) is 0 Å². The van der Waals surface area contributed by atoms with E-state index in [1.165, 1.54) is 10.5 Å². The van der Waals surface area contributed by atoms with E-state index in [-0.39, 0.29) is 17.9 Å². The van der Waals surface area contributed by atoms with Crippen molar-refractivity contribution in [3.63, 3.8) is 0 Å². The van der Waals surface area contributed by atoms with Crippen LogP contribution in [0, 0.1) is 6.92 Å². The number of rotatable bonds is 2. The van der Waals surface area contributed by atoms with Crippen LogP contribution in [0.3, 0.4) is 0 Å². The first-order valence-electron chi connectivity index (χ1n) is 7.75. The van der Waals surface area contributed by atoms with Gasteiger partial charge in [0.15, 0.2) is 0 Å². The smallest absolute Gasteiger partial charge is 0.228 e. The van der Waals surface area contributed by atoms with Gasteiger partial charge in [-0.1, -0.05) is 18.2 Å². The van der Waals surface area contributed by atoms with Gasteiger partial charge in [0.1, 0.15) is 5.82 Å². The fraction of sp³-hybridized carbons (Fsp3) is 0.412. The highest BCUT2D eigenvalue weighted by atomic mass is 32.2. The second-order valence-electron chi connectivity index (χ2n) is 6.10. The summed E-state index contributed by atoms with van der Waals surface area (Å²) < 4.78 is 2.18. The number of hydrogen-bond donors (Lipinski definition) is 1. The summed E-state index contributed by atoms with van der Waals surface area (Å²) in [4.78, 5) is 18.4. The molecule has 2 aromatic rings. The molecule has 1 N–H and O–H groups in total. The Hall–Kier alpha value is -1.75. The summed E-state index contributed by atoms with van der Waals surface area (Å²) in [6.07, 6.45) is 3.99. The molecular formula is C17H19N3OS. The maximum Gasteiger partial charge on any atom is 0.228 e. The third-order valence-electron chi connectivity index (χ3n) is 4.48. The Balaban J connectivity index is 1.45. The average molecular weight is 313 g/mol. The van der Waals surface area contributed by atoms with Crippen LogP contribution in [0.2, 0.25) is 0 Å². The third-order valence-corrected chi connectivity index (χ3v) is 5.66. The highest BCUT2D eigenvalue weighted by Crippen LogP contribution is 2.39. The molecule has 4 rings (SSSR count). The predicted molar refractivity (Wildman–Crippen MR) is 87.1 cm³/mol. The molecule has 0 fully saturated rings. The minimum absolute atomic E-state index is 0.00730. The minimum atomic E-state index is -0.00730. The number of imidazole rings is 1. The van der Waals surface area contributed by atoms with Gasteiger partial charge in [-0.15, -0.1) is 11.8 Å². The molecule has 0 saturated heterocycles. The lowest BCUT2D eigenvalue weighted by Crippen LogP contribution is -2.43. The fourth-order valence-electron chi connectivity index (χ4n) is 3.39. The van der Waals surface area contributed by atoms with E-state index in [0.29, 0.717) is 0 Å². The van der Waals surface area contributed by atoms with Crippen molar-refractivity contribution in [1.29, 1.82) is 0 Å². The molecule has 1 aromatic heterocycles. The number of thioether (sulfide) groups is 1.